The van der Waals surface area contributed by atoms with Crippen molar-refractivity contribution in [1.82, 2.24) is 0 Å². The molecule has 0 atom stereocenters. The van der Waals surface area contributed by atoms with Crippen molar-refractivity contribution in [3.05, 3.63) is 81.7 Å². The van der Waals surface area contributed by atoms with Crippen LogP contribution in [0.1, 0.15) is 22.8 Å². The molecule has 0 saturated carbocycles. The standard InChI is InChI=1S/C23H17ClN2O3S/c1-2-29-23(28)20-19(16-6-4-3-5-7-16)14-30-22(20)26-21(27)17(13-25)12-15-8-10-18(24)11-9-15/h3-12,14H,2H2,1H3,(H,26,27). The third kappa shape index (κ3) is 4.95. The van der Waals surface area contributed by atoms with Crippen LogP contribution < -0.4 is 5.32 Å². The minimum absolute atomic E-state index is 0.0956. The van der Waals surface area contributed by atoms with Crippen molar-refractivity contribution in [2.75, 3.05) is 11.9 Å². The van der Waals surface area contributed by atoms with Gasteiger partial charge in [0, 0.05) is 16.0 Å². The number of anilines is 1. The topological polar surface area (TPSA) is 79.2 Å². The fourth-order valence-electron chi connectivity index (χ4n) is 2.73. The van der Waals surface area contributed by atoms with Crippen molar-refractivity contribution in [1.29, 1.82) is 5.26 Å². The maximum atomic E-state index is 12.7. The maximum absolute atomic E-state index is 12.7. The molecule has 150 valence electrons. The highest BCUT2D eigenvalue weighted by Gasteiger charge is 2.23. The lowest BCUT2D eigenvalue weighted by Crippen LogP contribution is -2.16. The lowest BCUT2D eigenvalue weighted by Gasteiger charge is -2.08. The normalized spacial score (nSPS) is 10.9. The van der Waals surface area contributed by atoms with E-state index in [4.69, 9.17) is 16.3 Å². The molecule has 0 bridgehead atoms. The first-order valence-electron chi connectivity index (χ1n) is 9.06. The zero-order valence-corrected chi connectivity index (χ0v) is 17.6. The van der Waals surface area contributed by atoms with Crippen LogP contribution in [0, 0.1) is 11.3 Å². The van der Waals surface area contributed by atoms with Gasteiger partial charge in [-0.05, 0) is 36.3 Å². The zero-order valence-electron chi connectivity index (χ0n) is 16.0. The fraction of sp³-hybridized carbons (Fsp3) is 0.0870. The number of carbonyl (C=O) groups is 2. The molecule has 30 heavy (non-hydrogen) atoms. The number of nitrogens with one attached hydrogen (secondary N) is 1. The third-order valence-corrected chi connectivity index (χ3v) is 5.28. The Morgan fingerprint density at radius 2 is 1.87 bits per heavy atom. The summed E-state index contributed by atoms with van der Waals surface area (Å²) in [6, 6.07) is 18.0. The molecule has 3 aromatic rings. The number of esters is 1. The van der Waals surface area contributed by atoms with E-state index in [0.717, 1.165) is 5.56 Å². The predicted octanol–water partition coefficient (Wildman–Crippen LogP) is 5.79. The largest absolute Gasteiger partial charge is 0.462 e. The third-order valence-electron chi connectivity index (χ3n) is 4.13. The van der Waals surface area contributed by atoms with Gasteiger partial charge in [0.2, 0.25) is 0 Å². The van der Waals surface area contributed by atoms with Gasteiger partial charge in [-0.25, -0.2) is 4.79 Å². The van der Waals surface area contributed by atoms with Crippen LogP contribution in [0.5, 0.6) is 0 Å². The Kier molecular flexibility index (Phi) is 7.02. The highest BCUT2D eigenvalue weighted by atomic mass is 35.5. The average molecular weight is 437 g/mol. The monoisotopic (exact) mass is 436 g/mol. The summed E-state index contributed by atoms with van der Waals surface area (Å²) in [6.45, 7) is 1.92. The van der Waals surface area contributed by atoms with E-state index in [1.807, 2.05) is 36.4 Å². The molecule has 0 unspecified atom stereocenters. The minimum atomic E-state index is -0.612. The Bertz CT molecular complexity index is 1130. The zero-order chi connectivity index (χ0) is 21.5. The molecule has 1 heterocycles. The van der Waals surface area contributed by atoms with E-state index in [1.165, 1.54) is 17.4 Å². The minimum Gasteiger partial charge on any atom is -0.462 e. The Labute approximate surface area is 183 Å². The van der Waals surface area contributed by atoms with Gasteiger partial charge in [-0.1, -0.05) is 54.1 Å². The Morgan fingerprint density at radius 1 is 1.17 bits per heavy atom. The molecule has 7 heteroatoms. The van der Waals surface area contributed by atoms with Crippen molar-refractivity contribution in [3.63, 3.8) is 0 Å². The van der Waals surface area contributed by atoms with Gasteiger partial charge in [0.1, 0.15) is 22.2 Å². The first-order chi connectivity index (χ1) is 14.5. The number of nitrogens with zero attached hydrogens (tertiary/aromatic N) is 1. The molecule has 2 aromatic carbocycles. The number of amides is 1. The van der Waals surface area contributed by atoms with E-state index in [0.29, 0.717) is 21.2 Å². The van der Waals surface area contributed by atoms with Gasteiger partial charge < -0.3 is 10.1 Å². The van der Waals surface area contributed by atoms with Gasteiger partial charge in [-0.3, -0.25) is 4.79 Å². The smallest absolute Gasteiger partial charge is 0.341 e. The first kappa shape index (κ1) is 21.3. The van der Waals surface area contributed by atoms with Crippen LogP contribution in [-0.2, 0) is 9.53 Å². The highest BCUT2D eigenvalue weighted by molar-refractivity contribution is 7.15. The molecule has 5 nitrogen and oxygen atoms in total. The second kappa shape index (κ2) is 9.88. The summed E-state index contributed by atoms with van der Waals surface area (Å²) >= 11 is 7.07. The van der Waals surface area contributed by atoms with Crippen LogP contribution in [0.2, 0.25) is 5.02 Å². The summed E-state index contributed by atoms with van der Waals surface area (Å²) in [5.74, 6) is -1.15. The first-order valence-corrected chi connectivity index (χ1v) is 10.3. The van der Waals surface area contributed by atoms with E-state index in [9.17, 15) is 14.9 Å². The second-order valence-electron chi connectivity index (χ2n) is 6.12. The number of benzene rings is 2. The van der Waals surface area contributed by atoms with Crippen LogP contribution in [-0.4, -0.2) is 18.5 Å². The Balaban J connectivity index is 1.94. The van der Waals surface area contributed by atoms with Crippen LogP contribution in [0.3, 0.4) is 0 Å². The summed E-state index contributed by atoms with van der Waals surface area (Å²) in [5.41, 5.74) is 2.32. The lowest BCUT2D eigenvalue weighted by molar-refractivity contribution is -0.112. The maximum Gasteiger partial charge on any atom is 0.341 e. The van der Waals surface area contributed by atoms with Gasteiger partial charge in [-0.15, -0.1) is 11.3 Å². The highest BCUT2D eigenvalue weighted by Crippen LogP contribution is 2.36. The number of halogens is 1. The molecule has 1 N–H and O–H groups in total. The lowest BCUT2D eigenvalue weighted by atomic mass is 10.0. The molecular formula is C23H17ClN2O3S. The van der Waals surface area contributed by atoms with Gasteiger partial charge in [0.05, 0.1) is 6.61 Å². The number of nitriles is 1. The van der Waals surface area contributed by atoms with E-state index in [1.54, 1.807) is 36.6 Å². The van der Waals surface area contributed by atoms with Gasteiger partial charge in [0.15, 0.2) is 0 Å². The molecule has 3 rings (SSSR count). The number of hydrogen-bond donors (Lipinski definition) is 1. The van der Waals surface area contributed by atoms with Crippen LogP contribution in [0.25, 0.3) is 17.2 Å². The van der Waals surface area contributed by atoms with E-state index in [-0.39, 0.29) is 17.7 Å². The summed E-state index contributed by atoms with van der Waals surface area (Å²) < 4.78 is 5.19. The van der Waals surface area contributed by atoms with Crippen molar-refractivity contribution in [3.8, 4) is 17.2 Å². The summed E-state index contributed by atoms with van der Waals surface area (Å²) in [6.07, 6.45) is 1.46. The van der Waals surface area contributed by atoms with E-state index >= 15 is 0 Å². The summed E-state index contributed by atoms with van der Waals surface area (Å²) in [4.78, 5) is 25.3. The van der Waals surface area contributed by atoms with Gasteiger partial charge in [-0.2, -0.15) is 5.26 Å². The van der Waals surface area contributed by atoms with Gasteiger partial charge in [0.25, 0.3) is 5.91 Å². The SMILES string of the molecule is CCOC(=O)c1c(-c2ccccc2)csc1NC(=O)C(C#N)=Cc1ccc(Cl)cc1. The Hall–Kier alpha value is -3.40. The average Bonchev–Trinajstić information content (AvgIpc) is 3.17. The molecule has 1 aromatic heterocycles. The predicted molar refractivity (Wildman–Crippen MR) is 119 cm³/mol. The molecule has 0 saturated heterocycles. The van der Waals surface area contributed by atoms with Crippen LogP contribution >= 0.6 is 22.9 Å². The van der Waals surface area contributed by atoms with E-state index < -0.39 is 11.9 Å². The van der Waals surface area contributed by atoms with Crippen molar-refractivity contribution < 1.29 is 14.3 Å². The van der Waals surface area contributed by atoms with E-state index in [2.05, 4.69) is 5.32 Å². The quantitative estimate of drug-likeness (QED) is 0.301. The number of rotatable bonds is 6. The molecule has 0 aliphatic heterocycles. The van der Waals surface area contributed by atoms with Gasteiger partial charge >= 0.3 is 5.97 Å². The summed E-state index contributed by atoms with van der Waals surface area (Å²) in [5, 5.41) is 14.8. The number of carbonyl (C=O) groups excluding carboxylic acids is 2. The number of ether oxygens (including phenoxy) is 1. The number of thiophene rings is 1. The van der Waals surface area contributed by atoms with Crippen molar-refractivity contribution >= 4 is 45.9 Å². The molecule has 0 spiro atoms. The number of hydrogen-bond acceptors (Lipinski definition) is 5. The van der Waals surface area contributed by atoms with Crippen LogP contribution in [0.15, 0.2) is 65.6 Å². The molecular weight excluding hydrogens is 420 g/mol. The second-order valence-corrected chi connectivity index (χ2v) is 7.43. The Morgan fingerprint density at radius 3 is 2.50 bits per heavy atom. The fourth-order valence-corrected chi connectivity index (χ4v) is 3.81. The molecule has 0 fully saturated rings. The molecule has 0 aliphatic rings. The van der Waals surface area contributed by atoms with Crippen molar-refractivity contribution in [2.24, 2.45) is 0 Å². The molecule has 1 amide bonds. The van der Waals surface area contributed by atoms with Crippen molar-refractivity contribution in [2.45, 2.75) is 6.92 Å². The molecule has 0 aliphatic carbocycles. The van der Waals surface area contributed by atoms with Crippen LogP contribution in [0.4, 0.5) is 5.00 Å². The molecule has 0 radical (unpaired) electrons. The summed E-state index contributed by atoms with van der Waals surface area (Å²) in [7, 11) is 0.